The van der Waals surface area contributed by atoms with E-state index in [0.29, 0.717) is 0 Å². The minimum Gasteiger partial charge on any atom is -0.295 e. The van der Waals surface area contributed by atoms with Gasteiger partial charge in [0.1, 0.15) is 5.84 Å². The lowest BCUT2D eigenvalue weighted by Crippen LogP contribution is -2.30. The molecule has 0 fully saturated rings. The first-order valence-corrected chi connectivity index (χ1v) is 11.0. The molecule has 0 heterocycles. The number of aliphatic imine (C=N–C) groups is 1. The van der Waals surface area contributed by atoms with Gasteiger partial charge in [0.05, 0.1) is 0 Å². The molecule has 0 bridgehead atoms. The summed E-state index contributed by atoms with van der Waals surface area (Å²) >= 11 is 0. The monoisotopic (exact) mass is 418 g/mol. The van der Waals surface area contributed by atoms with Gasteiger partial charge in [-0.15, -0.1) is 0 Å². The third kappa shape index (κ3) is 5.22. The molecular weight excluding hydrogens is 388 g/mol. The van der Waals surface area contributed by atoms with Crippen LogP contribution in [0.1, 0.15) is 25.0 Å². The molecule has 0 aliphatic carbocycles. The largest absolute Gasteiger partial charge is 0.295 e. The highest BCUT2D eigenvalue weighted by molar-refractivity contribution is 6.17. The first-order valence-electron chi connectivity index (χ1n) is 11.0. The molecule has 0 radical (unpaired) electrons. The lowest BCUT2D eigenvalue weighted by molar-refractivity contribution is 1.29. The van der Waals surface area contributed by atoms with Crippen LogP contribution < -0.4 is 4.90 Å². The van der Waals surface area contributed by atoms with E-state index in [1.54, 1.807) is 0 Å². The van der Waals surface area contributed by atoms with Crippen molar-refractivity contribution in [2.75, 3.05) is 11.9 Å². The second-order valence-electron chi connectivity index (χ2n) is 6.97. The van der Waals surface area contributed by atoms with E-state index >= 15 is 0 Å². The molecule has 160 valence electrons. The second-order valence-corrected chi connectivity index (χ2v) is 6.97. The van der Waals surface area contributed by atoms with Gasteiger partial charge in [-0.3, -0.25) is 9.89 Å². The van der Waals surface area contributed by atoms with Crippen LogP contribution in [-0.2, 0) is 0 Å². The molecular formula is C30H30N2. The molecule has 2 nitrogen and oxygen atoms in total. The Kier molecular flexibility index (Phi) is 8.16. The van der Waals surface area contributed by atoms with Gasteiger partial charge in [-0.1, -0.05) is 124 Å². The number of amidine groups is 1. The van der Waals surface area contributed by atoms with Crippen molar-refractivity contribution in [2.45, 2.75) is 13.8 Å². The highest BCUT2D eigenvalue weighted by atomic mass is 15.2. The predicted molar refractivity (Wildman–Crippen MR) is 140 cm³/mol. The molecule has 0 amide bonds. The van der Waals surface area contributed by atoms with E-state index in [9.17, 15) is 0 Å². The Morgan fingerprint density at radius 1 is 0.594 bits per heavy atom. The van der Waals surface area contributed by atoms with Crippen molar-refractivity contribution in [1.29, 1.82) is 0 Å². The summed E-state index contributed by atoms with van der Waals surface area (Å²) in [4.78, 5) is 6.75. The van der Waals surface area contributed by atoms with Gasteiger partial charge in [-0.25, -0.2) is 0 Å². The fourth-order valence-corrected chi connectivity index (χ4v) is 3.54. The molecule has 0 aromatic heterocycles. The summed E-state index contributed by atoms with van der Waals surface area (Å²) in [5.41, 5.74) is 6.39. The number of rotatable bonds is 5. The molecule has 0 saturated carbocycles. The summed E-state index contributed by atoms with van der Waals surface area (Å²) in [6, 6.07) is 39.4. The lowest BCUT2D eigenvalue weighted by Gasteiger charge is -2.28. The first kappa shape index (κ1) is 22.8. The summed E-state index contributed by atoms with van der Waals surface area (Å²) in [6.07, 6.45) is 0. The maximum absolute atomic E-state index is 4.63. The fraction of sp³-hybridized carbons (Fsp3) is 0.100. The highest BCUT2D eigenvalue weighted by Gasteiger charge is 2.19. The Balaban J connectivity index is 0.00000141. The van der Waals surface area contributed by atoms with E-state index in [1.165, 1.54) is 11.1 Å². The van der Waals surface area contributed by atoms with Crippen molar-refractivity contribution in [1.82, 2.24) is 0 Å². The van der Waals surface area contributed by atoms with Crippen LogP contribution in [0.25, 0.3) is 16.8 Å². The van der Waals surface area contributed by atoms with E-state index in [4.69, 9.17) is 0 Å². The van der Waals surface area contributed by atoms with Gasteiger partial charge < -0.3 is 0 Å². The quantitative estimate of drug-likeness (QED) is 0.237. The van der Waals surface area contributed by atoms with Crippen molar-refractivity contribution in [3.8, 4) is 11.1 Å². The molecule has 0 aliphatic rings. The zero-order valence-electron chi connectivity index (χ0n) is 19.1. The first-order chi connectivity index (χ1) is 15.8. The molecule has 4 aromatic carbocycles. The van der Waals surface area contributed by atoms with Gasteiger partial charge in [0.15, 0.2) is 0 Å². The predicted octanol–water partition coefficient (Wildman–Crippen LogP) is 7.93. The van der Waals surface area contributed by atoms with Crippen molar-refractivity contribution in [3.63, 3.8) is 0 Å². The molecule has 0 saturated heterocycles. The fourth-order valence-electron chi connectivity index (χ4n) is 3.54. The second kappa shape index (κ2) is 11.5. The van der Waals surface area contributed by atoms with Crippen LogP contribution in [0.3, 0.4) is 0 Å². The number of anilines is 1. The van der Waals surface area contributed by atoms with Gasteiger partial charge in [0.2, 0.25) is 0 Å². The normalized spacial score (nSPS) is 10.7. The van der Waals surface area contributed by atoms with E-state index in [2.05, 4.69) is 89.3 Å². The third-order valence-corrected chi connectivity index (χ3v) is 5.07. The Morgan fingerprint density at radius 3 is 1.59 bits per heavy atom. The summed E-state index contributed by atoms with van der Waals surface area (Å²) < 4.78 is 0. The van der Waals surface area contributed by atoms with Crippen LogP contribution in [-0.4, -0.2) is 12.9 Å². The van der Waals surface area contributed by atoms with Crippen molar-refractivity contribution in [3.05, 3.63) is 133 Å². The zero-order chi connectivity index (χ0) is 22.8. The standard InChI is InChI=1S/C28H24N2.C2H6/c1-22(23-18-20-25(21-19-23)24-12-6-3-7-13-24)30(27-16-10-5-11-17-27)28(29-2)26-14-8-4-9-15-26;1-2/h3-21H,1H2,2H3;1-2H3. The van der Waals surface area contributed by atoms with Crippen LogP contribution in [0.15, 0.2) is 127 Å². The molecule has 0 unspecified atom stereocenters. The van der Waals surface area contributed by atoms with E-state index in [0.717, 1.165) is 28.3 Å². The number of hydrogen-bond acceptors (Lipinski definition) is 1. The van der Waals surface area contributed by atoms with Gasteiger partial charge in [0, 0.05) is 24.0 Å². The SMILES string of the molecule is C=C(c1ccc(-c2ccccc2)cc1)N(C(=NC)c1ccccc1)c1ccccc1.CC. The van der Waals surface area contributed by atoms with Crippen LogP contribution in [0.5, 0.6) is 0 Å². The smallest absolute Gasteiger partial charge is 0.139 e. The van der Waals surface area contributed by atoms with E-state index in [1.807, 2.05) is 63.4 Å². The molecule has 0 aliphatic heterocycles. The number of benzene rings is 4. The van der Waals surface area contributed by atoms with Gasteiger partial charge in [-0.05, 0) is 28.8 Å². The average molecular weight is 419 g/mol. The van der Waals surface area contributed by atoms with Crippen molar-refractivity contribution in [2.24, 2.45) is 4.99 Å². The van der Waals surface area contributed by atoms with Crippen LogP contribution >= 0.6 is 0 Å². The summed E-state index contributed by atoms with van der Waals surface area (Å²) in [5, 5.41) is 0. The maximum Gasteiger partial charge on any atom is 0.139 e. The Labute approximate surface area is 192 Å². The molecule has 4 rings (SSSR count). The molecule has 0 N–H and O–H groups in total. The van der Waals surface area contributed by atoms with Gasteiger partial charge in [0.25, 0.3) is 0 Å². The number of para-hydroxylation sites is 1. The van der Waals surface area contributed by atoms with E-state index < -0.39 is 0 Å². The minimum atomic E-state index is 0.860. The Bertz CT molecular complexity index is 1130. The van der Waals surface area contributed by atoms with Gasteiger partial charge in [-0.2, -0.15) is 0 Å². The topological polar surface area (TPSA) is 15.6 Å². The molecule has 4 aromatic rings. The highest BCUT2D eigenvalue weighted by Crippen LogP contribution is 2.29. The average Bonchev–Trinajstić information content (AvgIpc) is 2.89. The Hall–Kier alpha value is -3.91. The minimum absolute atomic E-state index is 0.860. The van der Waals surface area contributed by atoms with Crippen LogP contribution in [0.4, 0.5) is 5.69 Å². The number of nitrogens with zero attached hydrogens (tertiary/aromatic N) is 2. The summed E-state index contributed by atoms with van der Waals surface area (Å²) in [6.45, 7) is 8.44. The third-order valence-electron chi connectivity index (χ3n) is 5.07. The summed E-state index contributed by atoms with van der Waals surface area (Å²) in [5.74, 6) is 0.860. The van der Waals surface area contributed by atoms with Crippen LogP contribution in [0.2, 0.25) is 0 Å². The van der Waals surface area contributed by atoms with Crippen molar-refractivity contribution < 1.29 is 0 Å². The van der Waals surface area contributed by atoms with Crippen LogP contribution in [0, 0.1) is 0 Å². The number of hydrogen-bond donors (Lipinski definition) is 0. The summed E-state index contributed by atoms with van der Waals surface area (Å²) in [7, 11) is 1.82. The van der Waals surface area contributed by atoms with Crippen molar-refractivity contribution >= 4 is 17.2 Å². The molecule has 0 atom stereocenters. The Morgan fingerprint density at radius 2 is 1.06 bits per heavy atom. The molecule has 0 spiro atoms. The van der Waals surface area contributed by atoms with Gasteiger partial charge >= 0.3 is 0 Å². The van der Waals surface area contributed by atoms with E-state index in [-0.39, 0.29) is 0 Å². The molecule has 2 heteroatoms. The lowest BCUT2D eigenvalue weighted by atomic mass is 10.0. The molecule has 32 heavy (non-hydrogen) atoms. The zero-order valence-corrected chi connectivity index (χ0v) is 19.1. The maximum atomic E-state index is 4.63.